The highest BCUT2D eigenvalue weighted by atomic mass is 16.6. The molecule has 16 unspecified atom stereocenters. The maximum absolute atomic E-state index is 12.5. The molecule has 0 radical (unpaired) electrons. The standard InChI is InChI=1S/C18H28O4.C17H26O2.C15H22O4.C9H12O2.2C5H8O2.C4H6O2.2C2H6/c1-9(2)13-11(5)17(7)12(6)14(21-16(17)20)18(13,8)22-15(19)10(3)4;1-12(2)13(18)19-17-9-14(3)6-15(4,10-17)8-16(5,7-14)11-17;1-7(2)14(16)18-12-8(3)6-11-9(4)13(12)19-15(17)10(11)5;10-9-8-6-2-1-5(3-6)7(8)4-11-9;2*1-4(2)5(6)7-3;5-4-2-1-3-6-4;2*1-2/h9,11-14H,3H2,1-2,4-8H3;1,6-11H2,2-5H3;8-13H,1,6H2,2-5H3;5-8H,1-4H2;2*1H2,2-3H3;1-3H2;2*1-2H3. The number of esters is 9. The van der Waals surface area contributed by atoms with Gasteiger partial charge in [0.2, 0.25) is 0 Å². The average molecular weight is 1340 g/mol. The van der Waals surface area contributed by atoms with Gasteiger partial charge in [-0.05, 0) is 171 Å². The molecule has 8 saturated carbocycles. The van der Waals surface area contributed by atoms with Crippen LogP contribution in [0.5, 0.6) is 0 Å². The van der Waals surface area contributed by atoms with Gasteiger partial charge in [-0.15, -0.1) is 0 Å². The summed E-state index contributed by atoms with van der Waals surface area (Å²) in [5.74, 6) is 1.52. The van der Waals surface area contributed by atoms with Gasteiger partial charge in [0.1, 0.15) is 29.5 Å². The molecule has 16 atom stereocenters. The van der Waals surface area contributed by atoms with Crippen LogP contribution in [0.25, 0.3) is 0 Å². The van der Waals surface area contributed by atoms with Crippen molar-refractivity contribution < 1.29 is 85.8 Å². The van der Waals surface area contributed by atoms with Crippen LogP contribution in [0.15, 0.2) is 60.8 Å². The van der Waals surface area contributed by atoms with E-state index < -0.39 is 29.1 Å². The van der Waals surface area contributed by atoms with Crippen molar-refractivity contribution in [2.75, 3.05) is 27.4 Å². The van der Waals surface area contributed by atoms with Crippen LogP contribution < -0.4 is 0 Å². The summed E-state index contributed by atoms with van der Waals surface area (Å²) in [7, 11) is 2.66. The van der Waals surface area contributed by atoms with Crippen molar-refractivity contribution >= 4 is 53.7 Å². The Morgan fingerprint density at radius 3 is 1.41 bits per heavy atom. The van der Waals surface area contributed by atoms with Crippen LogP contribution >= 0.6 is 0 Å². The zero-order chi connectivity index (χ0) is 73.0. The Kier molecular flexibility index (Phi) is 29.7. The number of carbonyl (C=O) groups excluding carboxylic acids is 9. The summed E-state index contributed by atoms with van der Waals surface area (Å²) in [4.78, 5) is 102. The minimum Gasteiger partial charge on any atom is -0.466 e. The van der Waals surface area contributed by atoms with Gasteiger partial charge in [0.25, 0.3) is 0 Å². The Morgan fingerprint density at radius 2 is 1.02 bits per heavy atom. The van der Waals surface area contributed by atoms with Crippen LogP contribution in [0.3, 0.4) is 0 Å². The summed E-state index contributed by atoms with van der Waals surface area (Å²) < 4.78 is 46.6. The van der Waals surface area contributed by atoms with Crippen LogP contribution in [-0.2, 0) is 85.8 Å². The third kappa shape index (κ3) is 19.4. The average Bonchev–Trinajstić information content (AvgIpc) is 1.52. The van der Waals surface area contributed by atoms with Crippen LogP contribution in [0.2, 0.25) is 0 Å². The van der Waals surface area contributed by atoms with Gasteiger partial charge in [-0.3, -0.25) is 19.2 Å². The molecule has 18 nitrogen and oxygen atoms in total. The van der Waals surface area contributed by atoms with E-state index in [1.165, 1.54) is 52.7 Å². The fourth-order valence-corrected chi connectivity index (χ4v) is 18.8. The van der Waals surface area contributed by atoms with E-state index in [4.69, 9.17) is 28.4 Å². The Morgan fingerprint density at radius 1 is 0.558 bits per heavy atom. The van der Waals surface area contributed by atoms with Crippen LogP contribution in [0, 0.1) is 92.7 Å². The topological polar surface area (TPSA) is 237 Å². The minimum absolute atomic E-state index is 0.00733. The summed E-state index contributed by atoms with van der Waals surface area (Å²) in [6, 6.07) is 0. The molecule has 0 spiro atoms. The second-order valence-electron chi connectivity index (χ2n) is 30.8. The van der Waals surface area contributed by atoms with E-state index in [1.807, 2.05) is 62.3 Å². The van der Waals surface area contributed by atoms with E-state index in [2.05, 4.69) is 95.6 Å². The Balaban J connectivity index is 0.000000299. The Hall–Kier alpha value is -6.07. The summed E-state index contributed by atoms with van der Waals surface area (Å²) in [6.07, 6.45) is 12.3. The number of cyclic esters (lactones) is 2. The van der Waals surface area contributed by atoms with E-state index in [0.29, 0.717) is 80.8 Å². The fraction of sp³-hybridized carbons (Fsp3) is 0.753. The number of ether oxygens (including phenoxy) is 9. The van der Waals surface area contributed by atoms with E-state index >= 15 is 0 Å². The van der Waals surface area contributed by atoms with Gasteiger partial charge in [0, 0.05) is 58.0 Å². The van der Waals surface area contributed by atoms with Gasteiger partial charge >= 0.3 is 53.7 Å². The van der Waals surface area contributed by atoms with Crippen molar-refractivity contribution in [1.29, 1.82) is 0 Å². The molecule has 10 bridgehead atoms. The molecule has 18 heteroatoms. The second kappa shape index (κ2) is 33.9. The highest BCUT2D eigenvalue weighted by Gasteiger charge is 2.71. The van der Waals surface area contributed by atoms with Crippen LogP contribution in [-0.4, -0.2) is 111 Å². The van der Waals surface area contributed by atoms with Gasteiger partial charge in [-0.2, -0.15) is 0 Å². The SMILES string of the molecule is C=C(C)C(=O)OC.C=C(C)C(=O)OC.C=C(C)C(=O)OC1(C)C2OC(=O)C(C)(C2C)C(C)C1C(C)C.C=C(C)C(=O)OC12CC3(C)CC(C)(CC(C)(C3)C1)C2.C=C(C)C(=O)OC1C(C)CC2C(C)C(=O)OC1C2C.CC.CC.O=C1CCCO1.O=C1OCC2C3CCC(C3)C12. The van der Waals surface area contributed by atoms with Crippen molar-refractivity contribution in [1.82, 2.24) is 0 Å². The van der Waals surface area contributed by atoms with E-state index in [0.717, 1.165) is 44.6 Å². The van der Waals surface area contributed by atoms with Crippen molar-refractivity contribution in [3.8, 4) is 0 Å². The molecule has 0 N–H and O–H groups in total. The highest BCUT2D eigenvalue weighted by molar-refractivity contribution is 5.89. The molecule has 95 heavy (non-hydrogen) atoms. The maximum Gasteiger partial charge on any atom is 0.333 e. The molecule has 0 aromatic heterocycles. The molecule has 4 saturated heterocycles. The molecule has 4 heterocycles. The lowest BCUT2D eigenvalue weighted by atomic mass is 9.39. The number of rotatable bonds is 9. The number of hydrogen-bond donors (Lipinski definition) is 0. The monoisotopic (exact) mass is 1330 g/mol. The van der Waals surface area contributed by atoms with Gasteiger partial charge in [0.05, 0.1) is 44.7 Å². The second-order valence-corrected chi connectivity index (χ2v) is 30.8. The van der Waals surface area contributed by atoms with E-state index in [1.54, 1.807) is 34.6 Å². The molecule has 8 aliphatic carbocycles. The lowest BCUT2D eigenvalue weighted by Crippen LogP contribution is -2.63. The molecule has 12 rings (SSSR count). The quantitative estimate of drug-likeness (QED) is 0.118. The maximum atomic E-state index is 12.5. The molecular weight excluding hydrogens is 1210 g/mol. The molecular formula is C77H122O18. The molecule has 0 aromatic carbocycles. The van der Waals surface area contributed by atoms with Crippen molar-refractivity contribution in [3.63, 3.8) is 0 Å². The summed E-state index contributed by atoms with van der Waals surface area (Å²) in [5.41, 5.74) is 1.63. The third-order valence-electron chi connectivity index (χ3n) is 21.8. The van der Waals surface area contributed by atoms with Crippen molar-refractivity contribution in [3.05, 3.63) is 60.8 Å². The summed E-state index contributed by atoms with van der Waals surface area (Å²) in [6.45, 7) is 60.7. The summed E-state index contributed by atoms with van der Waals surface area (Å²) >= 11 is 0. The van der Waals surface area contributed by atoms with E-state index in [-0.39, 0.29) is 101 Å². The predicted molar refractivity (Wildman–Crippen MR) is 365 cm³/mol. The largest absolute Gasteiger partial charge is 0.466 e. The molecule has 0 amide bonds. The molecule has 0 aromatic rings. The minimum atomic E-state index is -0.825. The van der Waals surface area contributed by atoms with Gasteiger partial charge in [-0.1, -0.05) is 130 Å². The van der Waals surface area contributed by atoms with Crippen LogP contribution in [0.4, 0.5) is 0 Å². The van der Waals surface area contributed by atoms with Gasteiger partial charge in [-0.25, -0.2) is 24.0 Å². The third-order valence-corrected chi connectivity index (χ3v) is 21.8. The van der Waals surface area contributed by atoms with Gasteiger partial charge < -0.3 is 42.6 Å². The highest BCUT2D eigenvalue weighted by Crippen LogP contribution is 2.71. The molecule has 4 aliphatic heterocycles. The first-order chi connectivity index (χ1) is 44.0. The van der Waals surface area contributed by atoms with Gasteiger partial charge in [0.15, 0.2) is 0 Å². The lowest BCUT2D eigenvalue weighted by molar-refractivity contribution is -0.234. The smallest absolute Gasteiger partial charge is 0.333 e. The normalized spacial score (nSPS) is 37.4. The Labute approximate surface area is 569 Å². The first-order valence-corrected chi connectivity index (χ1v) is 34.8. The number of hydrogen-bond acceptors (Lipinski definition) is 18. The zero-order valence-electron chi connectivity index (χ0n) is 62.4. The van der Waals surface area contributed by atoms with Crippen LogP contribution in [0.1, 0.15) is 222 Å². The number of fused-ring (bicyclic) bond motifs is 9. The first kappa shape index (κ1) is 83.2. The zero-order valence-corrected chi connectivity index (χ0v) is 62.4. The number of methoxy groups -OCH3 is 2. The summed E-state index contributed by atoms with van der Waals surface area (Å²) in [5, 5.41) is 0. The predicted octanol–water partition coefficient (Wildman–Crippen LogP) is 15.0. The number of carbonyl (C=O) groups is 9. The molecule has 12 fully saturated rings. The molecule has 12 aliphatic rings. The lowest BCUT2D eigenvalue weighted by Gasteiger charge is -2.68. The van der Waals surface area contributed by atoms with Crippen molar-refractivity contribution in [2.24, 2.45) is 92.7 Å². The Bertz CT molecular complexity index is 2760. The van der Waals surface area contributed by atoms with E-state index in [9.17, 15) is 43.2 Å². The van der Waals surface area contributed by atoms with Crippen molar-refractivity contribution in [2.45, 2.75) is 252 Å². The fourth-order valence-electron chi connectivity index (χ4n) is 18.8. The molecule has 538 valence electrons. The first-order valence-electron chi connectivity index (χ1n) is 34.8.